The molecule has 0 unspecified atom stereocenters. The number of halogens is 1. The molecule has 0 saturated carbocycles. The Morgan fingerprint density at radius 2 is 1.81 bits per heavy atom. The van der Waals surface area contributed by atoms with Crippen LogP contribution >= 0.6 is 11.6 Å². The fourth-order valence-corrected chi connectivity index (χ4v) is 3.18. The molecule has 0 aliphatic carbocycles. The van der Waals surface area contributed by atoms with Crippen molar-refractivity contribution in [3.05, 3.63) is 70.4 Å². The molecule has 0 bridgehead atoms. The van der Waals surface area contributed by atoms with Crippen molar-refractivity contribution in [3.8, 4) is 0 Å². The molecular formula is C18H18ClNO. The molecule has 1 aromatic heterocycles. The van der Waals surface area contributed by atoms with Gasteiger partial charge in [-0.15, -0.1) is 0 Å². The maximum Gasteiger partial charge on any atom is 0.115 e. The van der Waals surface area contributed by atoms with Gasteiger partial charge in [0, 0.05) is 17.5 Å². The van der Waals surface area contributed by atoms with Crippen molar-refractivity contribution >= 4 is 22.5 Å². The topological polar surface area (TPSA) is 25.2 Å². The first-order valence-corrected chi connectivity index (χ1v) is 7.57. The average Bonchev–Trinajstić information content (AvgIpc) is 2.80. The molecular weight excluding hydrogens is 282 g/mol. The van der Waals surface area contributed by atoms with E-state index in [9.17, 15) is 5.11 Å². The quantitative estimate of drug-likeness (QED) is 0.759. The Bertz CT molecular complexity index is 762. The van der Waals surface area contributed by atoms with E-state index in [2.05, 4.69) is 29.7 Å². The lowest BCUT2D eigenvalue weighted by Crippen LogP contribution is -2.01. The molecule has 0 aliphatic heterocycles. The molecule has 0 radical (unpaired) electrons. The summed E-state index contributed by atoms with van der Waals surface area (Å²) in [5.74, 6) is 0. The summed E-state index contributed by atoms with van der Waals surface area (Å²) in [7, 11) is 0. The number of benzene rings is 2. The van der Waals surface area contributed by atoms with Crippen LogP contribution in [0.2, 0.25) is 5.15 Å². The highest BCUT2D eigenvalue weighted by Crippen LogP contribution is 2.33. The minimum absolute atomic E-state index is 0.0374. The standard InChI is InChI=1S/C18H18ClNO/c1-2-14-9-6-10-15-16(12-21)18(19)20(17(14)15)11-13-7-4-3-5-8-13/h3-10,21H,2,11-12H2,1H3. The van der Waals surface area contributed by atoms with Crippen LogP contribution in [0.15, 0.2) is 48.5 Å². The number of aryl methyl sites for hydroxylation is 1. The zero-order valence-corrected chi connectivity index (χ0v) is 12.8. The molecule has 2 aromatic carbocycles. The summed E-state index contributed by atoms with van der Waals surface area (Å²) in [6, 6.07) is 16.4. The third-order valence-corrected chi connectivity index (χ3v) is 4.36. The van der Waals surface area contributed by atoms with Gasteiger partial charge in [-0.05, 0) is 17.5 Å². The van der Waals surface area contributed by atoms with Crippen LogP contribution in [0.3, 0.4) is 0 Å². The van der Waals surface area contributed by atoms with Crippen LogP contribution in [0, 0.1) is 0 Å². The zero-order chi connectivity index (χ0) is 14.8. The maximum absolute atomic E-state index is 9.66. The van der Waals surface area contributed by atoms with Gasteiger partial charge in [-0.2, -0.15) is 0 Å². The fraction of sp³-hybridized carbons (Fsp3) is 0.222. The van der Waals surface area contributed by atoms with E-state index in [1.54, 1.807) is 0 Å². The number of aliphatic hydroxyl groups excluding tert-OH is 1. The maximum atomic E-state index is 9.66. The summed E-state index contributed by atoms with van der Waals surface area (Å²) in [6.45, 7) is 2.82. The molecule has 0 amide bonds. The Balaban J connectivity index is 2.23. The Morgan fingerprint density at radius 3 is 2.48 bits per heavy atom. The van der Waals surface area contributed by atoms with Gasteiger partial charge in [0.15, 0.2) is 0 Å². The predicted molar refractivity (Wildman–Crippen MR) is 87.8 cm³/mol. The number of hydrogen-bond donors (Lipinski definition) is 1. The van der Waals surface area contributed by atoms with Gasteiger partial charge in [0.1, 0.15) is 5.15 Å². The van der Waals surface area contributed by atoms with Crippen LogP contribution in [0.4, 0.5) is 0 Å². The van der Waals surface area contributed by atoms with Gasteiger partial charge >= 0.3 is 0 Å². The van der Waals surface area contributed by atoms with Crippen molar-refractivity contribution in [1.82, 2.24) is 4.57 Å². The molecule has 21 heavy (non-hydrogen) atoms. The summed E-state index contributed by atoms with van der Waals surface area (Å²) in [6.07, 6.45) is 0.942. The van der Waals surface area contributed by atoms with Crippen LogP contribution < -0.4 is 0 Å². The first kappa shape index (κ1) is 14.2. The number of nitrogens with zero attached hydrogens (tertiary/aromatic N) is 1. The van der Waals surface area contributed by atoms with Crippen molar-refractivity contribution in [2.45, 2.75) is 26.5 Å². The first-order chi connectivity index (χ1) is 10.3. The van der Waals surface area contributed by atoms with Gasteiger partial charge < -0.3 is 9.67 Å². The Kier molecular flexibility index (Phi) is 4.00. The van der Waals surface area contributed by atoms with Gasteiger partial charge in [0.05, 0.1) is 12.1 Å². The Morgan fingerprint density at radius 1 is 1.05 bits per heavy atom. The smallest absolute Gasteiger partial charge is 0.115 e. The van der Waals surface area contributed by atoms with Crippen molar-refractivity contribution in [2.75, 3.05) is 0 Å². The molecule has 2 nitrogen and oxygen atoms in total. The molecule has 0 fully saturated rings. The van der Waals surface area contributed by atoms with Crippen LogP contribution in [0.5, 0.6) is 0 Å². The van der Waals surface area contributed by atoms with Gasteiger partial charge in [-0.1, -0.05) is 67.1 Å². The number of fused-ring (bicyclic) bond motifs is 1. The number of para-hydroxylation sites is 1. The molecule has 1 N–H and O–H groups in total. The van der Waals surface area contributed by atoms with Gasteiger partial charge in [0.2, 0.25) is 0 Å². The summed E-state index contributed by atoms with van der Waals surface area (Å²) < 4.78 is 2.11. The molecule has 0 aliphatic rings. The summed E-state index contributed by atoms with van der Waals surface area (Å²) in [4.78, 5) is 0. The summed E-state index contributed by atoms with van der Waals surface area (Å²) in [5.41, 5.74) is 4.41. The highest BCUT2D eigenvalue weighted by molar-refractivity contribution is 6.32. The van der Waals surface area contributed by atoms with E-state index < -0.39 is 0 Å². The lowest BCUT2D eigenvalue weighted by molar-refractivity contribution is 0.283. The molecule has 0 spiro atoms. The highest BCUT2D eigenvalue weighted by Gasteiger charge is 2.17. The summed E-state index contributed by atoms with van der Waals surface area (Å²) >= 11 is 6.53. The first-order valence-electron chi connectivity index (χ1n) is 7.19. The molecule has 3 rings (SSSR count). The number of aromatic nitrogens is 1. The normalized spacial score (nSPS) is 11.2. The number of hydrogen-bond acceptors (Lipinski definition) is 1. The van der Waals surface area contributed by atoms with Crippen LogP contribution in [0.25, 0.3) is 10.9 Å². The van der Waals surface area contributed by atoms with Crippen LogP contribution in [0.1, 0.15) is 23.6 Å². The molecule has 3 heteroatoms. The third-order valence-electron chi connectivity index (χ3n) is 3.92. The van der Waals surface area contributed by atoms with Crippen LogP contribution in [-0.2, 0) is 19.6 Å². The average molecular weight is 300 g/mol. The van der Waals surface area contributed by atoms with E-state index in [4.69, 9.17) is 11.6 Å². The fourth-order valence-electron chi connectivity index (χ4n) is 2.88. The Labute approximate surface area is 129 Å². The predicted octanol–water partition coefficient (Wildman–Crippen LogP) is 4.40. The SMILES string of the molecule is CCc1cccc2c(CO)c(Cl)n(Cc3ccccc3)c12. The minimum atomic E-state index is -0.0374. The number of rotatable bonds is 4. The largest absolute Gasteiger partial charge is 0.392 e. The van der Waals surface area contributed by atoms with E-state index in [1.807, 2.05) is 30.3 Å². The van der Waals surface area contributed by atoms with E-state index >= 15 is 0 Å². The van der Waals surface area contributed by atoms with Crippen molar-refractivity contribution in [2.24, 2.45) is 0 Å². The molecule has 0 atom stereocenters. The van der Waals surface area contributed by atoms with Gasteiger partial charge in [-0.3, -0.25) is 0 Å². The van der Waals surface area contributed by atoms with Crippen molar-refractivity contribution in [3.63, 3.8) is 0 Å². The lowest BCUT2D eigenvalue weighted by atomic mass is 10.1. The third kappa shape index (κ3) is 2.45. The minimum Gasteiger partial charge on any atom is -0.392 e. The number of aliphatic hydroxyl groups is 1. The molecule has 3 aromatic rings. The second kappa shape index (κ2) is 5.92. The van der Waals surface area contributed by atoms with E-state index in [0.29, 0.717) is 11.7 Å². The second-order valence-corrected chi connectivity index (χ2v) is 5.52. The monoisotopic (exact) mass is 299 g/mol. The zero-order valence-electron chi connectivity index (χ0n) is 12.0. The van der Waals surface area contributed by atoms with E-state index in [0.717, 1.165) is 22.9 Å². The molecule has 0 saturated heterocycles. The van der Waals surface area contributed by atoms with Gasteiger partial charge in [-0.25, -0.2) is 0 Å². The summed E-state index contributed by atoms with van der Waals surface area (Å²) in [5, 5.41) is 11.4. The van der Waals surface area contributed by atoms with Gasteiger partial charge in [0.25, 0.3) is 0 Å². The lowest BCUT2D eigenvalue weighted by Gasteiger charge is -2.10. The van der Waals surface area contributed by atoms with Crippen molar-refractivity contribution < 1.29 is 5.11 Å². The molecule has 108 valence electrons. The van der Waals surface area contributed by atoms with Crippen LogP contribution in [-0.4, -0.2) is 9.67 Å². The Hall–Kier alpha value is -1.77. The second-order valence-electron chi connectivity index (χ2n) is 5.17. The highest BCUT2D eigenvalue weighted by atomic mass is 35.5. The van der Waals surface area contributed by atoms with E-state index in [1.165, 1.54) is 11.1 Å². The molecule has 1 heterocycles. The van der Waals surface area contributed by atoms with E-state index in [-0.39, 0.29) is 6.61 Å². The van der Waals surface area contributed by atoms with Crippen molar-refractivity contribution in [1.29, 1.82) is 0 Å².